The highest BCUT2D eigenvalue weighted by atomic mass is 35.5. The Hall–Kier alpha value is -0.530. The maximum atomic E-state index is 5.89. The van der Waals surface area contributed by atoms with Gasteiger partial charge in [-0.3, -0.25) is 0 Å². The highest BCUT2D eigenvalue weighted by Gasteiger charge is 2.05. The summed E-state index contributed by atoms with van der Waals surface area (Å²) in [6.07, 6.45) is 7.41. The monoisotopic (exact) mass is 255 g/mol. The molecule has 0 aliphatic heterocycles. The molecule has 2 N–H and O–H groups in total. The summed E-state index contributed by atoms with van der Waals surface area (Å²) in [6.45, 7) is 5.17. The lowest BCUT2D eigenvalue weighted by Crippen LogP contribution is -2.06. The third kappa shape index (κ3) is 5.10. The lowest BCUT2D eigenvalue weighted by molar-refractivity contribution is 0.763. The van der Waals surface area contributed by atoms with Crippen LogP contribution in [0.25, 0.3) is 0 Å². The second kappa shape index (κ2) is 9.49. The number of unbranched alkanes of at least 4 members (excludes halogenated alkanes) is 2. The highest BCUT2D eigenvalue weighted by Crippen LogP contribution is 2.18. The lowest BCUT2D eigenvalue weighted by atomic mass is 9.94. The zero-order valence-electron chi connectivity index (χ0n) is 11.2. The summed E-state index contributed by atoms with van der Waals surface area (Å²) in [7, 11) is 0. The van der Waals surface area contributed by atoms with Crippen LogP contribution < -0.4 is 5.73 Å². The molecule has 1 nitrogen and oxygen atoms in total. The molecule has 0 saturated carbocycles. The summed E-state index contributed by atoms with van der Waals surface area (Å²) in [5.41, 5.74) is 10.2. The van der Waals surface area contributed by atoms with E-state index in [1.807, 2.05) is 0 Å². The van der Waals surface area contributed by atoms with E-state index < -0.39 is 0 Å². The van der Waals surface area contributed by atoms with E-state index in [9.17, 15) is 0 Å². The van der Waals surface area contributed by atoms with Gasteiger partial charge >= 0.3 is 0 Å². The fourth-order valence-corrected chi connectivity index (χ4v) is 2.15. The van der Waals surface area contributed by atoms with Gasteiger partial charge in [0.15, 0.2) is 0 Å². The van der Waals surface area contributed by atoms with Crippen LogP contribution in [0.15, 0.2) is 18.2 Å². The fraction of sp³-hybridized carbons (Fsp3) is 0.600. The summed E-state index contributed by atoms with van der Waals surface area (Å²) in [5, 5.41) is 0. The Labute approximate surface area is 112 Å². The van der Waals surface area contributed by atoms with Crippen LogP contribution in [0.4, 0.5) is 0 Å². The second-order valence-corrected chi connectivity index (χ2v) is 4.47. The Kier molecular flexibility index (Phi) is 9.20. The first-order valence-electron chi connectivity index (χ1n) is 6.63. The van der Waals surface area contributed by atoms with Crippen molar-refractivity contribution in [2.45, 2.75) is 58.9 Å². The average molecular weight is 256 g/mol. The molecule has 0 aliphatic carbocycles. The summed E-state index contributed by atoms with van der Waals surface area (Å²) < 4.78 is 0. The smallest absolute Gasteiger partial charge is 0.0183 e. The Bertz CT molecular complexity index is 284. The van der Waals surface area contributed by atoms with Gasteiger partial charge in [-0.25, -0.2) is 0 Å². The molecular formula is C15H26ClN. The van der Waals surface area contributed by atoms with E-state index >= 15 is 0 Å². The van der Waals surface area contributed by atoms with E-state index in [0.29, 0.717) is 6.54 Å². The summed E-state index contributed by atoms with van der Waals surface area (Å²) in [4.78, 5) is 0. The van der Waals surface area contributed by atoms with Crippen molar-refractivity contribution in [1.82, 2.24) is 0 Å². The van der Waals surface area contributed by atoms with Crippen molar-refractivity contribution in [3.8, 4) is 0 Å². The molecule has 0 atom stereocenters. The minimum atomic E-state index is 0. The minimum Gasteiger partial charge on any atom is -0.326 e. The predicted molar refractivity (Wildman–Crippen MR) is 78.8 cm³/mol. The van der Waals surface area contributed by atoms with Crippen LogP contribution >= 0.6 is 12.4 Å². The van der Waals surface area contributed by atoms with Crippen LogP contribution in [0.5, 0.6) is 0 Å². The molecule has 0 saturated heterocycles. The Balaban J connectivity index is 0.00000256. The van der Waals surface area contributed by atoms with E-state index in [0.717, 1.165) is 0 Å². The molecular weight excluding hydrogens is 230 g/mol. The van der Waals surface area contributed by atoms with Gasteiger partial charge in [-0.05, 0) is 42.4 Å². The predicted octanol–water partition coefficient (Wildman–Crippen LogP) is 4.25. The summed E-state index contributed by atoms with van der Waals surface area (Å²) in [6, 6.07) is 6.68. The molecule has 1 aromatic rings. The molecule has 0 aromatic heterocycles. The molecule has 0 fully saturated rings. The molecule has 98 valence electrons. The number of nitrogens with two attached hydrogens (primary N) is 1. The molecule has 1 rings (SSSR count). The van der Waals surface area contributed by atoms with Crippen molar-refractivity contribution in [3.05, 3.63) is 34.9 Å². The maximum absolute atomic E-state index is 5.89. The number of benzene rings is 1. The van der Waals surface area contributed by atoms with Crippen LogP contribution in [-0.4, -0.2) is 0 Å². The normalized spacial score (nSPS) is 10.1. The van der Waals surface area contributed by atoms with Gasteiger partial charge in [0, 0.05) is 6.54 Å². The van der Waals surface area contributed by atoms with Gasteiger partial charge in [-0.1, -0.05) is 44.9 Å². The van der Waals surface area contributed by atoms with Crippen molar-refractivity contribution in [1.29, 1.82) is 0 Å². The molecule has 2 heteroatoms. The van der Waals surface area contributed by atoms with Gasteiger partial charge in [-0.15, -0.1) is 12.4 Å². The van der Waals surface area contributed by atoms with Gasteiger partial charge in [0.2, 0.25) is 0 Å². The second-order valence-electron chi connectivity index (χ2n) is 4.47. The first kappa shape index (κ1) is 16.5. The standard InChI is InChI=1S/C15H25N.ClH/c1-3-5-8-13-10-7-11-14(9-6-4-2)15(13)12-16;/h7,10-11H,3-6,8-9,12,16H2,1-2H3;1H. The molecule has 0 amide bonds. The van der Waals surface area contributed by atoms with Gasteiger partial charge < -0.3 is 5.73 Å². The largest absolute Gasteiger partial charge is 0.326 e. The molecule has 0 aliphatic rings. The van der Waals surface area contributed by atoms with Gasteiger partial charge in [0.25, 0.3) is 0 Å². The van der Waals surface area contributed by atoms with E-state index in [2.05, 4.69) is 32.0 Å². The molecule has 0 heterocycles. The van der Waals surface area contributed by atoms with E-state index in [1.165, 1.54) is 55.2 Å². The molecule has 1 aromatic carbocycles. The molecule has 0 radical (unpaired) electrons. The molecule has 0 bridgehead atoms. The molecule has 17 heavy (non-hydrogen) atoms. The quantitative estimate of drug-likeness (QED) is 0.774. The van der Waals surface area contributed by atoms with Crippen LogP contribution in [0.2, 0.25) is 0 Å². The number of aryl methyl sites for hydroxylation is 2. The zero-order valence-corrected chi connectivity index (χ0v) is 12.0. The van der Waals surface area contributed by atoms with Crippen molar-refractivity contribution in [3.63, 3.8) is 0 Å². The minimum absolute atomic E-state index is 0. The molecule has 0 unspecified atom stereocenters. The summed E-state index contributed by atoms with van der Waals surface area (Å²) >= 11 is 0. The highest BCUT2D eigenvalue weighted by molar-refractivity contribution is 5.85. The zero-order chi connectivity index (χ0) is 11.8. The first-order valence-corrected chi connectivity index (χ1v) is 6.63. The van der Waals surface area contributed by atoms with Crippen LogP contribution in [-0.2, 0) is 19.4 Å². The van der Waals surface area contributed by atoms with Crippen molar-refractivity contribution >= 4 is 12.4 Å². The van der Waals surface area contributed by atoms with Crippen molar-refractivity contribution in [2.24, 2.45) is 5.73 Å². The summed E-state index contributed by atoms with van der Waals surface area (Å²) in [5.74, 6) is 0. The van der Waals surface area contributed by atoms with E-state index in [4.69, 9.17) is 5.73 Å². The fourth-order valence-electron chi connectivity index (χ4n) is 2.15. The average Bonchev–Trinajstić information content (AvgIpc) is 2.33. The van der Waals surface area contributed by atoms with E-state index in [1.54, 1.807) is 0 Å². The Morgan fingerprint density at radius 2 is 1.41 bits per heavy atom. The van der Waals surface area contributed by atoms with Crippen LogP contribution in [0.3, 0.4) is 0 Å². The third-order valence-electron chi connectivity index (χ3n) is 3.17. The number of rotatable bonds is 7. The SMILES string of the molecule is CCCCc1cccc(CCCC)c1CN.Cl. The van der Waals surface area contributed by atoms with Crippen molar-refractivity contribution < 1.29 is 0 Å². The van der Waals surface area contributed by atoms with Gasteiger partial charge in [0.05, 0.1) is 0 Å². The number of halogens is 1. The Morgan fingerprint density at radius 1 is 0.941 bits per heavy atom. The molecule has 0 spiro atoms. The third-order valence-corrected chi connectivity index (χ3v) is 3.17. The maximum Gasteiger partial charge on any atom is 0.0183 e. The number of hydrogen-bond donors (Lipinski definition) is 1. The lowest BCUT2D eigenvalue weighted by Gasteiger charge is -2.13. The first-order chi connectivity index (χ1) is 7.83. The Morgan fingerprint density at radius 3 is 1.76 bits per heavy atom. The topological polar surface area (TPSA) is 26.0 Å². The van der Waals surface area contributed by atoms with Crippen LogP contribution in [0.1, 0.15) is 56.2 Å². The van der Waals surface area contributed by atoms with E-state index in [-0.39, 0.29) is 12.4 Å². The van der Waals surface area contributed by atoms with Gasteiger partial charge in [-0.2, -0.15) is 0 Å². The van der Waals surface area contributed by atoms with Crippen molar-refractivity contribution in [2.75, 3.05) is 0 Å². The number of hydrogen-bond acceptors (Lipinski definition) is 1. The van der Waals surface area contributed by atoms with Crippen LogP contribution in [0, 0.1) is 0 Å². The van der Waals surface area contributed by atoms with Gasteiger partial charge in [0.1, 0.15) is 0 Å².